The van der Waals surface area contributed by atoms with Crippen LogP contribution in [0.1, 0.15) is 18.9 Å². The van der Waals surface area contributed by atoms with Gasteiger partial charge in [0.05, 0.1) is 13.1 Å². The molecule has 0 saturated carbocycles. The molecular weight excluding hydrogens is 255 g/mol. The molecule has 0 unspecified atom stereocenters. The maximum atomic E-state index is 12.8. The summed E-state index contributed by atoms with van der Waals surface area (Å²) in [5.74, 6) is 5.93. The molecule has 1 amide bonds. The average Bonchev–Trinajstić information content (AvgIpc) is 2.44. The molecule has 20 heavy (non-hydrogen) atoms. The Morgan fingerprint density at radius 2 is 1.95 bits per heavy atom. The minimum atomic E-state index is -0.251. The zero-order valence-electron chi connectivity index (χ0n) is 11.7. The molecule has 0 radical (unpaired) electrons. The van der Waals surface area contributed by atoms with Crippen LogP contribution in [0.5, 0.6) is 0 Å². The van der Waals surface area contributed by atoms with E-state index in [-0.39, 0.29) is 11.7 Å². The maximum Gasteiger partial charge on any atom is 0.237 e. The van der Waals surface area contributed by atoms with Crippen molar-refractivity contribution < 1.29 is 9.18 Å². The van der Waals surface area contributed by atoms with Gasteiger partial charge in [0, 0.05) is 26.1 Å². The van der Waals surface area contributed by atoms with E-state index in [0.717, 1.165) is 18.5 Å². The van der Waals surface area contributed by atoms with Crippen molar-refractivity contribution in [3.63, 3.8) is 0 Å². The van der Waals surface area contributed by atoms with E-state index in [4.69, 9.17) is 0 Å². The summed E-state index contributed by atoms with van der Waals surface area (Å²) in [6.07, 6.45) is 0.846. The smallest absolute Gasteiger partial charge is 0.237 e. The summed E-state index contributed by atoms with van der Waals surface area (Å²) in [6.45, 7) is 5.17. The topological polar surface area (TPSA) is 23.6 Å². The van der Waals surface area contributed by atoms with Crippen molar-refractivity contribution in [3.8, 4) is 11.8 Å². The normalized spacial score (nSPS) is 15.9. The number of hydrogen-bond donors (Lipinski definition) is 0. The quantitative estimate of drug-likeness (QED) is 0.786. The summed E-state index contributed by atoms with van der Waals surface area (Å²) in [4.78, 5) is 15.9. The summed E-state index contributed by atoms with van der Waals surface area (Å²) in [7, 11) is 0. The van der Waals surface area contributed by atoms with Gasteiger partial charge in [-0.3, -0.25) is 9.69 Å². The predicted molar refractivity (Wildman–Crippen MR) is 76.3 cm³/mol. The monoisotopic (exact) mass is 274 g/mol. The lowest BCUT2D eigenvalue weighted by Gasteiger charge is -2.33. The van der Waals surface area contributed by atoms with Gasteiger partial charge in [0.2, 0.25) is 5.91 Å². The molecule has 106 valence electrons. The third-order valence-electron chi connectivity index (χ3n) is 3.29. The van der Waals surface area contributed by atoms with E-state index in [1.54, 1.807) is 12.1 Å². The van der Waals surface area contributed by atoms with Gasteiger partial charge in [0.15, 0.2) is 0 Å². The zero-order valence-corrected chi connectivity index (χ0v) is 11.7. The molecule has 0 spiro atoms. The van der Waals surface area contributed by atoms with E-state index in [0.29, 0.717) is 26.2 Å². The second-order valence-electron chi connectivity index (χ2n) is 4.86. The summed E-state index contributed by atoms with van der Waals surface area (Å²) in [5.41, 5.74) is 0.957. The van der Waals surface area contributed by atoms with Crippen LogP contribution in [0.4, 0.5) is 4.39 Å². The molecule has 0 N–H and O–H groups in total. The maximum absolute atomic E-state index is 12.8. The Bertz CT molecular complexity index is 516. The second kappa shape index (κ2) is 7.06. The number of rotatable bonds is 3. The first kappa shape index (κ1) is 14.5. The molecule has 0 bridgehead atoms. The molecule has 4 heteroatoms. The van der Waals surface area contributed by atoms with Gasteiger partial charge in [-0.05, 0) is 17.7 Å². The van der Waals surface area contributed by atoms with Crippen molar-refractivity contribution >= 4 is 5.91 Å². The lowest BCUT2D eigenvalue weighted by molar-refractivity contribution is -0.136. The van der Waals surface area contributed by atoms with Crippen molar-refractivity contribution in [3.05, 3.63) is 35.6 Å². The third kappa shape index (κ3) is 4.07. The highest BCUT2D eigenvalue weighted by Gasteiger charge is 2.23. The molecule has 2 rings (SSSR count). The first-order valence-electron chi connectivity index (χ1n) is 6.89. The summed E-state index contributed by atoms with van der Waals surface area (Å²) in [6, 6.07) is 6.30. The molecule has 1 aliphatic heterocycles. The lowest BCUT2D eigenvalue weighted by Crippen LogP contribution is -2.49. The molecule has 1 heterocycles. The van der Waals surface area contributed by atoms with E-state index < -0.39 is 0 Å². The van der Waals surface area contributed by atoms with Crippen molar-refractivity contribution in [2.75, 3.05) is 26.2 Å². The first-order valence-corrected chi connectivity index (χ1v) is 6.89. The number of piperazine rings is 1. The summed E-state index contributed by atoms with van der Waals surface area (Å²) >= 11 is 0. The minimum absolute atomic E-state index is 0.110. The Kier molecular flexibility index (Phi) is 5.14. The molecule has 3 nitrogen and oxygen atoms in total. The Hall–Kier alpha value is -1.86. The number of hydrogen-bond acceptors (Lipinski definition) is 2. The van der Waals surface area contributed by atoms with Crippen LogP contribution in [0.3, 0.4) is 0 Å². The molecule has 0 atom stereocenters. The Balaban J connectivity index is 1.87. The molecule has 0 aromatic heterocycles. The van der Waals surface area contributed by atoms with Gasteiger partial charge in [0.1, 0.15) is 5.82 Å². The molecule has 1 aromatic rings. The summed E-state index contributed by atoms with van der Waals surface area (Å²) in [5, 5.41) is 0. The van der Waals surface area contributed by atoms with E-state index in [1.165, 1.54) is 12.1 Å². The van der Waals surface area contributed by atoms with Crippen LogP contribution >= 0.6 is 0 Å². The average molecular weight is 274 g/mol. The minimum Gasteiger partial charge on any atom is -0.336 e. The molecule has 0 aliphatic carbocycles. The SMILES string of the molecule is CCC#CCN1CCN(Cc2ccc(F)cc2)C(=O)C1. The van der Waals surface area contributed by atoms with Crippen LogP contribution in [-0.4, -0.2) is 41.9 Å². The Morgan fingerprint density at radius 1 is 1.20 bits per heavy atom. The standard InChI is InChI=1S/C16H19FN2O/c1-2-3-4-9-18-10-11-19(16(20)13-18)12-14-5-7-15(17)8-6-14/h5-8H,2,9-13H2,1H3. The van der Waals surface area contributed by atoms with Crippen LogP contribution in [0.15, 0.2) is 24.3 Å². The van der Waals surface area contributed by atoms with Gasteiger partial charge < -0.3 is 4.90 Å². The van der Waals surface area contributed by atoms with Crippen LogP contribution in [-0.2, 0) is 11.3 Å². The highest BCUT2D eigenvalue weighted by atomic mass is 19.1. The first-order chi connectivity index (χ1) is 9.69. The second-order valence-corrected chi connectivity index (χ2v) is 4.86. The molecular formula is C16H19FN2O. The number of carbonyl (C=O) groups is 1. The van der Waals surface area contributed by atoms with E-state index in [1.807, 2.05) is 11.8 Å². The third-order valence-corrected chi connectivity index (χ3v) is 3.29. The van der Waals surface area contributed by atoms with Crippen molar-refractivity contribution in [1.29, 1.82) is 0 Å². The molecule has 1 saturated heterocycles. The lowest BCUT2D eigenvalue weighted by atomic mass is 10.2. The molecule has 1 aliphatic rings. The van der Waals surface area contributed by atoms with Crippen LogP contribution in [0, 0.1) is 17.7 Å². The largest absolute Gasteiger partial charge is 0.336 e. The number of halogens is 1. The fourth-order valence-electron chi connectivity index (χ4n) is 2.16. The van der Waals surface area contributed by atoms with Crippen LogP contribution < -0.4 is 0 Å². The van der Waals surface area contributed by atoms with Crippen molar-refractivity contribution in [2.24, 2.45) is 0 Å². The van der Waals surface area contributed by atoms with Crippen LogP contribution in [0.2, 0.25) is 0 Å². The fraction of sp³-hybridized carbons (Fsp3) is 0.438. The zero-order chi connectivity index (χ0) is 14.4. The molecule has 1 aromatic carbocycles. The van der Waals surface area contributed by atoms with E-state index >= 15 is 0 Å². The fourth-order valence-corrected chi connectivity index (χ4v) is 2.16. The highest BCUT2D eigenvalue weighted by Crippen LogP contribution is 2.10. The van der Waals surface area contributed by atoms with E-state index in [9.17, 15) is 9.18 Å². The van der Waals surface area contributed by atoms with Gasteiger partial charge in [0.25, 0.3) is 0 Å². The molecule has 1 fully saturated rings. The summed E-state index contributed by atoms with van der Waals surface area (Å²) < 4.78 is 12.8. The Morgan fingerprint density at radius 3 is 2.60 bits per heavy atom. The van der Waals surface area contributed by atoms with E-state index in [2.05, 4.69) is 16.7 Å². The number of nitrogens with zero attached hydrogens (tertiary/aromatic N) is 2. The number of benzene rings is 1. The van der Waals surface area contributed by atoms with Gasteiger partial charge in [-0.1, -0.05) is 25.0 Å². The van der Waals surface area contributed by atoms with Crippen molar-refractivity contribution in [2.45, 2.75) is 19.9 Å². The Labute approximate surface area is 119 Å². The van der Waals surface area contributed by atoms with Crippen LogP contribution in [0.25, 0.3) is 0 Å². The number of amides is 1. The highest BCUT2D eigenvalue weighted by molar-refractivity contribution is 5.79. The van der Waals surface area contributed by atoms with Gasteiger partial charge in [-0.2, -0.15) is 0 Å². The van der Waals surface area contributed by atoms with Gasteiger partial charge >= 0.3 is 0 Å². The number of carbonyl (C=O) groups excluding carboxylic acids is 1. The van der Waals surface area contributed by atoms with Gasteiger partial charge in [-0.15, -0.1) is 5.92 Å². The predicted octanol–water partition coefficient (Wildman–Crippen LogP) is 1.88. The van der Waals surface area contributed by atoms with Gasteiger partial charge in [-0.25, -0.2) is 4.39 Å². The van der Waals surface area contributed by atoms with Crippen molar-refractivity contribution in [1.82, 2.24) is 9.80 Å².